The Labute approximate surface area is 214 Å². The zero-order chi connectivity index (χ0) is 26.0. The monoisotopic (exact) mass is 509 g/mol. The fourth-order valence-corrected chi connectivity index (χ4v) is 5.38. The van der Waals surface area contributed by atoms with Gasteiger partial charge in [0.2, 0.25) is 5.88 Å². The normalized spacial score (nSPS) is 17.1. The number of carbonyl (C=O) groups is 1. The van der Waals surface area contributed by atoms with E-state index in [9.17, 15) is 13.4 Å². The molecule has 1 unspecified atom stereocenters. The molecule has 0 spiro atoms. The first kappa shape index (κ1) is 26.0. The zero-order valence-electron chi connectivity index (χ0n) is 21.3. The van der Waals surface area contributed by atoms with Crippen molar-refractivity contribution in [3.8, 4) is 5.88 Å². The quantitative estimate of drug-likeness (QED) is 0.445. The van der Waals surface area contributed by atoms with Gasteiger partial charge in [0.15, 0.2) is 0 Å². The zero-order valence-corrected chi connectivity index (χ0v) is 22.1. The van der Waals surface area contributed by atoms with Gasteiger partial charge in [0.25, 0.3) is 5.91 Å². The molecule has 4 rings (SSSR count). The number of rotatable bonds is 7. The minimum Gasteiger partial charge on any atom is -0.471 e. The third kappa shape index (κ3) is 5.50. The number of pyridine rings is 1. The Morgan fingerprint density at radius 1 is 1.19 bits per heavy atom. The van der Waals surface area contributed by atoms with Gasteiger partial charge in [0.05, 0.1) is 22.2 Å². The van der Waals surface area contributed by atoms with Crippen LogP contribution in [0.3, 0.4) is 0 Å². The van der Waals surface area contributed by atoms with E-state index in [0.29, 0.717) is 34.9 Å². The highest BCUT2D eigenvalue weighted by atomic mass is 32.2. The Morgan fingerprint density at radius 2 is 1.92 bits per heavy atom. The van der Waals surface area contributed by atoms with Crippen LogP contribution in [0, 0.1) is 12.7 Å². The highest BCUT2D eigenvalue weighted by molar-refractivity contribution is 7.83. The average molecular weight is 510 g/mol. The van der Waals surface area contributed by atoms with Crippen molar-refractivity contribution in [2.24, 2.45) is 0 Å². The van der Waals surface area contributed by atoms with Crippen LogP contribution in [-0.4, -0.2) is 27.2 Å². The van der Waals surface area contributed by atoms with Crippen molar-refractivity contribution in [3.63, 3.8) is 0 Å². The first-order valence-electron chi connectivity index (χ1n) is 12.2. The fraction of sp³-hybridized carbons (Fsp3) is 0.357. The van der Waals surface area contributed by atoms with Crippen LogP contribution in [0.25, 0.3) is 0 Å². The van der Waals surface area contributed by atoms with Crippen LogP contribution in [0.5, 0.6) is 5.88 Å². The molecule has 0 saturated carbocycles. The number of nitrogens with zero attached hydrogens (tertiary/aromatic N) is 2. The fourth-order valence-electron chi connectivity index (χ4n) is 4.39. The summed E-state index contributed by atoms with van der Waals surface area (Å²) in [6.07, 6.45) is 2.89. The number of carbonyl (C=O) groups excluding carboxylic acids is 1. The predicted molar refractivity (Wildman–Crippen MR) is 140 cm³/mol. The lowest BCUT2D eigenvalue weighted by Gasteiger charge is -2.37. The maximum absolute atomic E-state index is 14.7. The molecule has 6 nitrogen and oxygen atoms in total. The first-order valence-corrected chi connectivity index (χ1v) is 13.3. The summed E-state index contributed by atoms with van der Waals surface area (Å²) in [5.41, 5.74) is 2.59. The van der Waals surface area contributed by atoms with Crippen LogP contribution in [0.1, 0.15) is 67.2 Å². The molecule has 0 saturated heterocycles. The van der Waals surface area contributed by atoms with Crippen LogP contribution >= 0.6 is 0 Å². The molecule has 1 amide bonds. The van der Waals surface area contributed by atoms with Gasteiger partial charge in [-0.05, 0) is 75.6 Å². The third-order valence-electron chi connectivity index (χ3n) is 6.32. The molecule has 0 aliphatic carbocycles. The van der Waals surface area contributed by atoms with Crippen molar-refractivity contribution in [3.05, 3.63) is 82.8 Å². The SMILES string of the molecule is CCc1ccc(S(=O)N[C@H]2CC(C)(C)Oc3ncc(C(=O)N(CC)c4ccc(C)cc4F)cc32)cc1. The smallest absolute Gasteiger partial charge is 0.259 e. The van der Waals surface area contributed by atoms with Gasteiger partial charge < -0.3 is 9.64 Å². The molecular formula is C28H32FN3O3S. The number of aryl methyl sites for hydroxylation is 2. The minimum atomic E-state index is -1.47. The number of benzene rings is 2. The second kappa shape index (κ2) is 10.5. The molecule has 1 N–H and O–H groups in total. The number of fused-ring (bicyclic) bond motifs is 1. The van der Waals surface area contributed by atoms with Gasteiger partial charge in [-0.2, -0.15) is 0 Å². The summed E-state index contributed by atoms with van der Waals surface area (Å²) in [5.74, 6) is -0.427. The topological polar surface area (TPSA) is 71.5 Å². The van der Waals surface area contributed by atoms with E-state index in [1.165, 1.54) is 22.7 Å². The molecule has 1 aliphatic rings. The van der Waals surface area contributed by atoms with E-state index in [1.54, 1.807) is 32.0 Å². The van der Waals surface area contributed by atoms with E-state index in [1.807, 2.05) is 38.1 Å². The molecule has 8 heteroatoms. The maximum atomic E-state index is 14.7. The van der Waals surface area contributed by atoms with Crippen molar-refractivity contribution < 1.29 is 18.1 Å². The number of anilines is 1. The molecule has 0 radical (unpaired) electrons. The average Bonchev–Trinajstić information content (AvgIpc) is 2.84. The second-order valence-electron chi connectivity index (χ2n) is 9.63. The van der Waals surface area contributed by atoms with Gasteiger partial charge in [-0.3, -0.25) is 4.79 Å². The van der Waals surface area contributed by atoms with Gasteiger partial charge in [-0.25, -0.2) is 18.3 Å². The first-order chi connectivity index (χ1) is 17.1. The largest absolute Gasteiger partial charge is 0.471 e. The van der Waals surface area contributed by atoms with Crippen molar-refractivity contribution in [1.29, 1.82) is 0 Å². The predicted octanol–water partition coefficient (Wildman–Crippen LogP) is 5.67. The number of ether oxygens (including phenoxy) is 1. The summed E-state index contributed by atoms with van der Waals surface area (Å²) < 4.78 is 37.1. The Bertz CT molecular complexity index is 1290. The number of nitrogens with one attached hydrogen (secondary N) is 1. The van der Waals surface area contributed by atoms with E-state index in [2.05, 4.69) is 16.6 Å². The van der Waals surface area contributed by atoms with Crippen molar-refractivity contribution in [1.82, 2.24) is 9.71 Å². The van der Waals surface area contributed by atoms with E-state index < -0.39 is 22.4 Å². The van der Waals surface area contributed by atoms with Crippen molar-refractivity contribution in [2.75, 3.05) is 11.4 Å². The maximum Gasteiger partial charge on any atom is 0.259 e. The minimum absolute atomic E-state index is 0.217. The number of aromatic nitrogens is 1. The van der Waals surface area contributed by atoms with Crippen LogP contribution < -0.4 is 14.4 Å². The van der Waals surface area contributed by atoms with Crippen molar-refractivity contribution >= 4 is 22.6 Å². The Balaban J connectivity index is 1.65. The van der Waals surface area contributed by atoms with Gasteiger partial charge >= 0.3 is 0 Å². The van der Waals surface area contributed by atoms with E-state index in [0.717, 1.165) is 12.0 Å². The van der Waals surface area contributed by atoms with Crippen LogP contribution in [0.4, 0.5) is 10.1 Å². The summed E-state index contributed by atoms with van der Waals surface area (Å²) in [4.78, 5) is 19.9. The molecule has 0 fully saturated rings. The summed E-state index contributed by atoms with van der Waals surface area (Å²) in [7, 11) is -1.47. The standard InChI is InChI=1S/C28H32FN3O3S/c1-6-19-9-11-21(12-10-19)36(34)31-24-16-28(4,5)35-26-22(24)15-20(17-30-26)27(33)32(7-2)25-13-8-18(3)14-23(25)29/h8-15,17,24,31H,6-7,16H2,1-5H3/t24-,36?/m0/s1. The Hall–Kier alpha value is -3.10. The lowest BCUT2D eigenvalue weighted by molar-refractivity contribution is 0.0642. The Morgan fingerprint density at radius 3 is 2.56 bits per heavy atom. The lowest BCUT2D eigenvalue weighted by atomic mass is 9.91. The van der Waals surface area contributed by atoms with E-state index in [4.69, 9.17) is 4.74 Å². The highest BCUT2D eigenvalue weighted by Crippen LogP contribution is 2.39. The molecule has 1 aromatic heterocycles. The molecule has 3 aromatic rings. The van der Waals surface area contributed by atoms with E-state index >= 15 is 0 Å². The van der Waals surface area contributed by atoms with Crippen LogP contribution in [-0.2, 0) is 17.4 Å². The number of hydrogen-bond donors (Lipinski definition) is 1. The van der Waals surface area contributed by atoms with Gasteiger partial charge in [0.1, 0.15) is 22.4 Å². The number of hydrogen-bond acceptors (Lipinski definition) is 4. The lowest BCUT2D eigenvalue weighted by Crippen LogP contribution is -2.40. The molecule has 1 aliphatic heterocycles. The van der Waals surface area contributed by atoms with Crippen LogP contribution in [0.15, 0.2) is 59.6 Å². The summed E-state index contributed by atoms with van der Waals surface area (Å²) >= 11 is 0. The number of halogens is 1. The number of amides is 1. The molecule has 0 bridgehead atoms. The van der Waals surface area contributed by atoms with Gasteiger partial charge in [-0.15, -0.1) is 0 Å². The Kier molecular flexibility index (Phi) is 7.57. The van der Waals surface area contributed by atoms with Crippen molar-refractivity contribution in [2.45, 2.75) is 64.0 Å². The highest BCUT2D eigenvalue weighted by Gasteiger charge is 2.36. The van der Waals surface area contributed by atoms with E-state index in [-0.39, 0.29) is 17.6 Å². The van der Waals surface area contributed by atoms with Crippen LogP contribution in [0.2, 0.25) is 0 Å². The summed E-state index contributed by atoms with van der Waals surface area (Å²) in [6, 6.07) is 13.8. The summed E-state index contributed by atoms with van der Waals surface area (Å²) in [5, 5.41) is 0. The van der Waals surface area contributed by atoms with Gasteiger partial charge in [-0.1, -0.05) is 25.1 Å². The molecule has 36 heavy (non-hydrogen) atoms. The third-order valence-corrected chi connectivity index (χ3v) is 7.52. The summed E-state index contributed by atoms with van der Waals surface area (Å²) in [6.45, 7) is 9.86. The second-order valence-corrected chi connectivity index (χ2v) is 10.9. The molecular weight excluding hydrogens is 477 g/mol. The molecule has 2 heterocycles. The van der Waals surface area contributed by atoms with Gasteiger partial charge in [0, 0.05) is 24.7 Å². The molecule has 2 aromatic carbocycles. The molecule has 2 atom stereocenters. The molecule has 190 valence electrons.